The number of nitriles is 1. The molecule has 2 rings (SSSR count). The van der Waals surface area contributed by atoms with Crippen LogP contribution in [0.4, 0.5) is 0 Å². The number of hydrogen-bond donors (Lipinski definition) is 0. The van der Waals surface area contributed by atoms with Gasteiger partial charge in [-0.3, -0.25) is 4.79 Å². The molecule has 3 heteroatoms. The lowest BCUT2D eigenvalue weighted by Crippen LogP contribution is -2.21. The molecule has 0 radical (unpaired) electrons. The van der Waals surface area contributed by atoms with E-state index < -0.39 is 5.92 Å². The maximum atomic E-state index is 12.6. The summed E-state index contributed by atoms with van der Waals surface area (Å²) in [5, 5.41) is 9.42. The van der Waals surface area contributed by atoms with Gasteiger partial charge < -0.3 is 4.74 Å². The van der Waals surface area contributed by atoms with E-state index in [0.717, 1.165) is 37.0 Å². The van der Waals surface area contributed by atoms with E-state index in [-0.39, 0.29) is 11.7 Å². The summed E-state index contributed by atoms with van der Waals surface area (Å²) in [6, 6.07) is 9.55. The summed E-state index contributed by atoms with van der Waals surface area (Å²) in [5.41, 5.74) is 0.787. The molecule has 112 valence electrons. The van der Waals surface area contributed by atoms with Gasteiger partial charge in [-0.15, -0.1) is 0 Å². The molecule has 1 unspecified atom stereocenters. The van der Waals surface area contributed by atoms with E-state index in [1.54, 1.807) is 0 Å². The number of benzene rings is 1. The van der Waals surface area contributed by atoms with Crippen LogP contribution in [0.15, 0.2) is 24.3 Å². The molecule has 1 aromatic carbocycles. The molecule has 0 spiro atoms. The Morgan fingerprint density at radius 2 is 1.86 bits per heavy atom. The molecule has 21 heavy (non-hydrogen) atoms. The van der Waals surface area contributed by atoms with Crippen LogP contribution in [0.2, 0.25) is 0 Å². The first-order valence-corrected chi connectivity index (χ1v) is 7.92. The quantitative estimate of drug-likeness (QED) is 0.761. The minimum atomic E-state index is -0.635. The second kappa shape index (κ2) is 7.83. The van der Waals surface area contributed by atoms with E-state index in [4.69, 9.17) is 4.74 Å². The normalized spacial score (nSPS) is 17.5. The Bertz CT molecular complexity index is 493. The molecule has 1 aromatic rings. The Kier molecular flexibility index (Phi) is 5.80. The molecule has 0 aromatic heterocycles. The van der Waals surface area contributed by atoms with Crippen molar-refractivity contribution in [3.63, 3.8) is 0 Å². The summed E-state index contributed by atoms with van der Waals surface area (Å²) >= 11 is 0. The summed E-state index contributed by atoms with van der Waals surface area (Å²) < 4.78 is 5.40. The minimum absolute atomic E-state index is 0.0590. The highest BCUT2D eigenvalue weighted by Gasteiger charge is 2.28. The molecule has 0 amide bonds. The predicted molar refractivity (Wildman–Crippen MR) is 82.2 cm³/mol. The molecule has 3 nitrogen and oxygen atoms in total. The maximum absolute atomic E-state index is 12.6. The Morgan fingerprint density at radius 3 is 2.38 bits per heavy atom. The molecule has 1 atom stereocenters. The van der Waals surface area contributed by atoms with Gasteiger partial charge in [0, 0.05) is 5.92 Å². The topological polar surface area (TPSA) is 50.1 Å². The van der Waals surface area contributed by atoms with Crippen LogP contribution < -0.4 is 4.74 Å². The van der Waals surface area contributed by atoms with E-state index in [1.807, 2.05) is 31.2 Å². The Labute approximate surface area is 126 Å². The average Bonchev–Trinajstić information content (AvgIpc) is 2.79. The highest BCUT2D eigenvalue weighted by Crippen LogP contribution is 2.30. The molecule has 0 aliphatic heterocycles. The molecular weight excluding hydrogens is 262 g/mol. The molecule has 1 saturated carbocycles. The van der Waals surface area contributed by atoms with E-state index in [9.17, 15) is 10.1 Å². The number of carbonyl (C=O) groups excluding carboxylic acids is 1. The van der Waals surface area contributed by atoms with Gasteiger partial charge in [0.1, 0.15) is 11.7 Å². The second-order valence-corrected chi connectivity index (χ2v) is 5.66. The lowest BCUT2D eigenvalue weighted by molar-refractivity contribution is -0.123. The number of nitrogens with zero attached hydrogens (tertiary/aromatic N) is 1. The van der Waals surface area contributed by atoms with Gasteiger partial charge in [0.15, 0.2) is 5.78 Å². The molecule has 1 aliphatic rings. The van der Waals surface area contributed by atoms with Crippen molar-refractivity contribution in [1.29, 1.82) is 5.26 Å². The molecule has 0 saturated heterocycles. The molecule has 0 bridgehead atoms. The van der Waals surface area contributed by atoms with Crippen molar-refractivity contribution < 1.29 is 9.53 Å². The largest absolute Gasteiger partial charge is 0.494 e. The van der Waals surface area contributed by atoms with Crippen molar-refractivity contribution in [2.45, 2.75) is 51.4 Å². The molecule has 1 aliphatic carbocycles. The lowest BCUT2D eigenvalue weighted by Gasteiger charge is -2.17. The summed E-state index contributed by atoms with van der Waals surface area (Å²) in [6.45, 7) is 2.55. The monoisotopic (exact) mass is 285 g/mol. The van der Waals surface area contributed by atoms with Crippen LogP contribution in [0, 0.1) is 17.2 Å². The van der Waals surface area contributed by atoms with Gasteiger partial charge in [-0.1, -0.05) is 37.8 Å². The zero-order valence-corrected chi connectivity index (χ0v) is 12.7. The number of Topliss-reactive ketones (excluding diaryl/α,β-unsaturated/α-hetero) is 1. The van der Waals surface area contributed by atoms with Crippen molar-refractivity contribution in [2.24, 2.45) is 5.92 Å². The Hall–Kier alpha value is -1.82. The number of ether oxygens (including phenoxy) is 1. The number of carbonyl (C=O) groups is 1. The fourth-order valence-electron chi connectivity index (χ4n) is 3.03. The lowest BCUT2D eigenvalue weighted by atomic mass is 9.84. The van der Waals surface area contributed by atoms with Gasteiger partial charge in [0.2, 0.25) is 0 Å². The molecular formula is C18H23NO2. The zero-order valence-electron chi connectivity index (χ0n) is 12.7. The fraction of sp³-hybridized carbons (Fsp3) is 0.556. The van der Waals surface area contributed by atoms with E-state index in [1.165, 1.54) is 12.8 Å². The molecule has 0 heterocycles. The smallest absolute Gasteiger partial charge is 0.157 e. The SMILES string of the molecule is CCOc1ccc(C(C#N)C(=O)C2CCCCCC2)cc1. The maximum Gasteiger partial charge on any atom is 0.157 e. The highest BCUT2D eigenvalue weighted by molar-refractivity contribution is 5.90. The first kappa shape index (κ1) is 15.6. The van der Waals surface area contributed by atoms with Crippen LogP contribution in [0.5, 0.6) is 5.75 Å². The predicted octanol–water partition coefficient (Wildman–Crippen LogP) is 4.23. The van der Waals surface area contributed by atoms with Crippen LogP contribution in [0.1, 0.15) is 56.9 Å². The minimum Gasteiger partial charge on any atom is -0.494 e. The fourth-order valence-corrected chi connectivity index (χ4v) is 3.03. The van der Waals surface area contributed by atoms with Gasteiger partial charge in [0.25, 0.3) is 0 Å². The van der Waals surface area contributed by atoms with Crippen molar-refractivity contribution >= 4 is 5.78 Å². The van der Waals surface area contributed by atoms with Crippen molar-refractivity contribution in [2.75, 3.05) is 6.61 Å². The Morgan fingerprint density at radius 1 is 1.24 bits per heavy atom. The van der Waals surface area contributed by atoms with Crippen LogP contribution in [-0.4, -0.2) is 12.4 Å². The third kappa shape index (κ3) is 4.07. The Balaban J connectivity index is 2.10. The van der Waals surface area contributed by atoms with Crippen LogP contribution in [0.25, 0.3) is 0 Å². The number of ketones is 1. The third-order valence-electron chi connectivity index (χ3n) is 4.20. The number of rotatable bonds is 5. The van der Waals surface area contributed by atoms with Gasteiger partial charge in [-0.25, -0.2) is 0 Å². The van der Waals surface area contributed by atoms with Crippen molar-refractivity contribution in [3.05, 3.63) is 29.8 Å². The summed E-state index contributed by atoms with van der Waals surface area (Å²) in [5.74, 6) is 0.302. The van der Waals surface area contributed by atoms with Crippen molar-refractivity contribution in [3.8, 4) is 11.8 Å². The molecule has 1 fully saturated rings. The van der Waals surface area contributed by atoms with E-state index in [2.05, 4.69) is 6.07 Å². The summed E-state index contributed by atoms with van der Waals surface area (Å²) in [6.07, 6.45) is 6.52. The summed E-state index contributed by atoms with van der Waals surface area (Å²) in [4.78, 5) is 12.6. The zero-order chi connectivity index (χ0) is 15.1. The third-order valence-corrected chi connectivity index (χ3v) is 4.20. The van der Waals surface area contributed by atoms with E-state index in [0.29, 0.717) is 6.61 Å². The van der Waals surface area contributed by atoms with Gasteiger partial charge in [0.05, 0.1) is 12.7 Å². The first-order valence-electron chi connectivity index (χ1n) is 7.92. The van der Waals surface area contributed by atoms with Crippen LogP contribution >= 0.6 is 0 Å². The van der Waals surface area contributed by atoms with Crippen molar-refractivity contribution in [1.82, 2.24) is 0 Å². The first-order chi connectivity index (χ1) is 10.3. The van der Waals surface area contributed by atoms with Crippen LogP contribution in [0.3, 0.4) is 0 Å². The van der Waals surface area contributed by atoms with E-state index >= 15 is 0 Å². The standard InChI is InChI=1S/C18H23NO2/c1-2-21-16-11-9-14(10-12-16)17(13-19)18(20)15-7-5-3-4-6-8-15/h9-12,15,17H,2-8H2,1H3. The highest BCUT2D eigenvalue weighted by atomic mass is 16.5. The number of hydrogen-bond acceptors (Lipinski definition) is 3. The van der Waals surface area contributed by atoms with Gasteiger partial charge in [-0.05, 0) is 37.5 Å². The second-order valence-electron chi connectivity index (χ2n) is 5.66. The summed E-state index contributed by atoms with van der Waals surface area (Å²) in [7, 11) is 0. The molecule has 0 N–H and O–H groups in total. The van der Waals surface area contributed by atoms with Gasteiger partial charge in [-0.2, -0.15) is 5.26 Å². The van der Waals surface area contributed by atoms with Crippen LogP contribution in [-0.2, 0) is 4.79 Å². The average molecular weight is 285 g/mol. The van der Waals surface area contributed by atoms with Gasteiger partial charge >= 0.3 is 0 Å².